The fraction of sp³-hybridized carbons (Fsp3) is 0.833. The van der Waals surface area contributed by atoms with E-state index in [1.165, 1.54) is 0 Å². The predicted octanol–water partition coefficient (Wildman–Crippen LogP) is -0.212. The molecule has 2 rings (SSSR count). The summed E-state index contributed by atoms with van der Waals surface area (Å²) >= 11 is 0. The van der Waals surface area contributed by atoms with E-state index >= 15 is 0 Å². The van der Waals surface area contributed by atoms with Crippen LogP contribution in [0.3, 0.4) is 0 Å². The van der Waals surface area contributed by atoms with E-state index in [1.807, 2.05) is 6.92 Å². The molecule has 0 aromatic carbocycles. The van der Waals surface area contributed by atoms with Gasteiger partial charge in [-0.15, -0.1) is 0 Å². The molecular formula is C12H20N2O3. The van der Waals surface area contributed by atoms with Crippen LogP contribution in [0.15, 0.2) is 0 Å². The van der Waals surface area contributed by atoms with Crippen molar-refractivity contribution in [1.29, 1.82) is 0 Å². The molecule has 17 heavy (non-hydrogen) atoms. The van der Waals surface area contributed by atoms with E-state index in [0.717, 1.165) is 19.3 Å². The molecular weight excluding hydrogens is 220 g/mol. The van der Waals surface area contributed by atoms with E-state index in [-0.39, 0.29) is 29.7 Å². The third kappa shape index (κ3) is 3.19. The zero-order valence-corrected chi connectivity index (χ0v) is 10.1. The fourth-order valence-corrected chi connectivity index (χ4v) is 2.22. The Morgan fingerprint density at radius 2 is 2.24 bits per heavy atom. The largest absolute Gasteiger partial charge is 0.383 e. The summed E-state index contributed by atoms with van der Waals surface area (Å²) in [7, 11) is 0. The number of aliphatic hydroxyl groups excluding tert-OH is 1. The maximum absolute atomic E-state index is 11.6. The molecule has 5 nitrogen and oxygen atoms in total. The minimum Gasteiger partial charge on any atom is -0.383 e. The first-order chi connectivity index (χ1) is 8.08. The Bertz CT molecular complexity index is 315. The molecule has 96 valence electrons. The minimum absolute atomic E-state index is 0.0478. The SMILES string of the molecule is C[C@@H](C[C@@H]1CCNC1=O)C(O)C(=O)NC1CC1. The fourth-order valence-electron chi connectivity index (χ4n) is 2.22. The van der Waals surface area contributed by atoms with Gasteiger partial charge in [0.05, 0.1) is 0 Å². The first-order valence-corrected chi connectivity index (χ1v) is 6.34. The van der Waals surface area contributed by atoms with E-state index in [2.05, 4.69) is 10.6 Å². The molecule has 5 heteroatoms. The van der Waals surface area contributed by atoms with Crippen LogP contribution < -0.4 is 10.6 Å². The Labute approximate surface area is 101 Å². The number of rotatable bonds is 5. The van der Waals surface area contributed by atoms with Crippen LogP contribution in [0.5, 0.6) is 0 Å². The van der Waals surface area contributed by atoms with Gasteiger partial charge in [0, 0.05) is 18.5 Å². The molecule has 0 radical (unpaired) electrons. The second-order valence-corrected chi connectivity index (χ2v) is 5.22. The topological polar surface area (TPSA) is 78.4 Å². The Hall–Kier alpha value is -1.10. The summed E-state index contributed by atoms with van der Waals surface area (Å²) in [5.41, 5.74) is 0. The highest BCUT2D eigenvalue weighted by atomic mass is 16.3. The number of aliphatic hydroxyl groups is 1. The standard InChI is InChI=1S/C12H20N2O3/c1-7(6-8-4-5-13-11(8)16)10(15)12(17)14-9-2-3-9/h7-10,15H,2-6H2,1H3,(H,13,16)(H,14,17)/t7-,8-,10?/m0/s1. The van der Waals surface area contributed by atoms with Gasteiger partial charge in [-0.1, -0.05) is 6.92 Å². The van der Waals surface area contributed by atoms with Crippen LogP contribution in [0.25, 0.3) is 0 Å². The van der Waals surface area contributed by atoms with E-state index in [4.69, 9.17) is 0 Å². The molecule has 2 amide bonds. The first-order valence-electron chi connectivity index (χ1n) is 6.34. The summed E-state index contributed by atoms with van der Waals surface area (Å²) in [4.78, 5) is 23.0. The lowest BCUT2D eigenvalue weighted by Gasteiger charge is -2.20. The van der Waals surface area contributed by atoms with Gasteiger partial charge in [0.1, 0.15) is 6.10 Å². The van der Waals surface area contributed by atoms with Gasteiger partial charge in [-0.25, -0.2) is 0 Å². The summed E-state index contributed by atoms with van der Waals surface area (Å²) in [5.74, 6) is -0.471. The van der Waals surface area contributed by atoms with E-state index in [9.17, 15) is 14.7 Å². The van der Waals surface area contributed by atoms with Crippen LogP contribution in [0.2, 0.25) is 0 Å². The monoisotopic (exact) mass is 240 g/mol. The van der Waals surface area contributed by atoms with Crippen molar-refractivity contribution in [3.05, 3.63) is 0 Å². The van der Waals surface area contributed by atoms with Crippen molar-refractivity contribution in [3.8, 4) is 0 Å². The van der Waals surface area contributed by atoms with Gasteiger partial charge in [-0.05, 0) is 31.6 Å². The molecule has 2 aliphatic rings. The average Bonchev–Trinajstić information content (AvgIpc) is 3.02. The van der Waals surface area contributed by atoms with Crippen molar-refractivity contribution in [3.63, 3.8) is 0 Å². The molecule has 1 aliphatic carbocycles. The van der Waals surface area contributed by atoms with Crippen molar-refractivity contribution in [2.45, 2.75) is 44.8 Å². The lowest BCUT2D eigenvalue weighted by Crippen LogP contribution is -2.40. The number of hydrogen-bond acceptors (Lipinski definition) is 3. The molecule has 3 N–H and O–H groups in total. The lowest BCUT2D eigenvalue weighted by atomic mass is 9.90. The summed E-state index contributed by atoms with van der Waals surface area (Å²) < 4.78 is 0. The molecule has 1 aliphatic heterocycles. The highest BCUT2D eigenvalue weighted by Crippen LogP contribution is 2.23. The van der Waals surface area contributed by atoms with Crippen molar-refractivity contribution < 1.29 is 14.7 Å². The average molecular weight is 240 g/mol. The minimum atomic E-state index is -0.996. The number of nitrogens with one attached hydrogen (secondary N) is 2. The van der Waals surface area contributed by atoms with E-state index < -0.39 is 6.10 Å². The van der Waals surface area contributed by atoms with E-state index in [0.29, 0.717) is 13.0 Å². The predicted molar refractivity (Wildman–Crippen MR) is 62.1 cm³/mol. The number of amides is 2. The Morgan fingerprint density at radius 3 is 2.76 bits per heavy atom. The molecule has 1 unspecified atom stereocenters. The van der Waals surface area contributed by atoms with Crippen molar-refractivity contribution in [2.24, 2.45) is 11.8 Å². The van der Waals surface area contributed by atoms with Gasteiger partial charge < -0.3 is 15.7 Å². The number of carbonyl (C=O) groups is 2. The Balaban J connectivity index is 1.78. The van der Waals surface area contributed by atoms with Crippen LogP contribution in [0, 0.1) is 11.8 Å². The molecule has 0 aromatic heterocycles. The van der Waals surface area contributed by atoms with Gasteiger partial charge in [0.2, 0.25) is 11.8 Å². The van der Waals surface area contributed by atoms with Gasteiger partial charge >= 0.3 is 0 Å². The third-order valence-corrected chi connectivity index (χ3v) is 3.55. The van der Waals surface area contributed by atoms with Crippen molar-refractivity contribution in [1.82, 2.24) is 10.6 Å². The van der Waals surface area contributed by atoms with E-state index in [1.54, 1.807) is 0 Å². The Morgan fingerprint density at radius 1 is 1.53 bits per heavy atom. The van der Waals surface area contributed by atoms with Gasteiger partial charge in [0.25, 0.3) is 0 Å². The normalized spacial score (nSPS) is 27.4. The van der Waals surface area contributed by atoms with Gasteiger partial charge in [0.15, 0.2) is 0 Å². The molecule has 1 saturated carbocycles. The zero-order chi connectivity index (χ0) is 12.4. The van der Waals surface area contributed by atoms with Gasteiger partial charge in [-0.2, -0.15) is 0 Å². The summed E-state index contributed by atoms with van der Waals surface area (Å²) in [5, 5.41) is 15.4. The van der Waals surface area contributed by atoms with Crippen LogP contribution in [0.1, 0.15) is 32.6 Å². The van der Waals surface area contributed by atoms with Crippen LogP contribution in [-0.2, 0) is 9.59 Å². The molecule has 0 spiro atoms. The summed E-state index contributed by atoms with van der Waals surface area (Å²) in [6, 6.07) is 0.263. The molecule has 1 saturated heterocycles. The third-order valence-electron chi connectivity index (χ3n) is 3.55. The van der Waals surface area contributed by atoms with Crippen LogP contribution >= 0.6 is 0 Å². The second-order valence-electron chi connectivity index (χ2n) is 5.22. The molecule has 0 aromatic rings. The Kier molecular flexibility index (Phi) is 3.66. The molecule has 2 fully saturated rings. The maximum atomic E-state index is 11.6. The zero-order valence-electron chi connectivity index (χ0n) is 10.1. The summed E-state index contributed by atoms with van der Waals surface area (Å²) in [6.45, 7) is 2.53. The van der Waals surface area contributed by atoms with Crippen molar-refractivity contribution in [2.75, 3.05) is 6.54 Å². The first kappa shape index (κ1) is 12.4. The lowest BCUT2D eigenvalue weighted by molar-refractivity contribution is -0.133. The number of hydrogen-bond donors (Lipinski definition) is 3. The number of carbonyl (C=O) groups excluding carboxylic acids is 2. The van der Waals surface area contributed by atoms with Crippen molar-refractivity contribution >= 4 is 11.8 Å². The molecule has 1 heterocycles. The quantitative estimate of drug-likeness (QED) is 0.622. The van der Waals surface area contributed by atoms with Crippen LogP contribution in [-0.4, -0.2) is 35.6 Å². The summed E-state index contributed by atoms with van der Waals surface area (Å²) in [6.07, 6.45) is 2.41. The second kappa shape index (κ2) is 5.04. The highest BCUT2D eigenvalue weighted by Gasteiger charge is 2.32. The van der Waals surface area contributed by atoms with Crippen LogP contribution in [0.4, 0.5) is 0 Å². The maximum Gasteiger partial charge on any atom is 0.249 e. The van der Waals surface area contributed by atoms with Gasteiger partial charge in [-0.3, -0.25) is 9.59 Å². The smallest absolute Gasteiger partial charge is 0.249 e. The molecule has 3 atom stereocenters. The highest BCUT2D eigenvalue weighted by molar-refractivity contribution is 5.82. The molecule has 0 bridgehead atoms.